The Morgan fingerprint density at radius 2 is 1.02 bits per heavy atom. The van der Waals surface area contributed by atoms with Crippen molar-refractivity contribution < 1.29 is 43.8 Å². The number of hydrogen-bond acceptors (Lipinski definition) is 7. The number of benzene rings is 2. The predicted molar refractivity (Wildman–Crippen MR) is 185 cm³/mol. The lowest BCUT2D eigenvalue weighted by molar-refractivity contribution is -0.142. The number of aliphatic carboxylic acids is 2. The number of carbonyl (C=O) groups is 2. The molecular formula is C32H51B2IO9. The maximum absolute atomic E-state index is 10.6. The zero-order valence-corrected chi connectivity index (χ0v) is 29.1. The van der Waals surface area contributed by atoms with Crippen LogP contribution in [0.25, 0.3) is 0 Å². The summed E-state index contributed by atoms with van der Waals surface area (Å²) < 4.78 is 17.8. The average Bonchev–Trinajstić information content (AvgIpc) is 2.99. The molecule has 0 aliphatic rings. The Labute approximate surface area is 278 Å². The highest BCUT2D eigenvalue weighted by molar-refractivity contribution is 14.1. The number of unbranched alkanes of at least 4 members (excludes halogenated alkanes) is 3. The largest absolute Gasteiger partial charge is 0.639 e. The van der Waals surface area contributed by atoms with E-state index in [1.807, 2.05) is 24.3 Å². The van der Waals surface area contributed by atoms with Crippen LogP contribution >= 0.6 is 22.6 Å². The first-order chi connectivity index (χ1) is 20.9. The zero-order chi connectivity index (χ0) is 33.3. The van der Waals surface area contributed by atoms with Crippen molar-refractivity contribution in [3.05, 3.63) is 63.2 Å². The third kappa shape index (κ3) is 21.7. The normalized spacial score (nSPS) is 11.7. The van der Waals surface area contributed by atoms with Crippen LogP contribution in [-0.2, 0) is 36.4 Å². The maximum Gasteiger partial charge on any atom is 0.639 e. The van der Waals surface area contributed by atoms with E-state index in [1.54, 1.807) is 38.1 Å². The highest BCUT2D eigenvalue weighted by Crippen LogP contribution is 2.11. The van der Waals surface area contributed by atoms with E-state index in [9.17, 15) is 9.59 Å². The summed E-state index contributed by atoms with van der Waals surface area (Å²) in [5.74, 6) is -2.31. The molecule has 0 heterocycles. The highest BCUT2D eigenvalue weighted by atomic mass is 127. The lowest BCUT2D eigenvalue weighted by Crippen LogP contribution is -2.29. The highest BCUT2D eigenvalue weighted by Gasteiger charge is 2.20. The van der Waals surface area contributed by atoms with Crippen molar-refractivity contribution in [2.24, 2.45) is 11.8 Å². The monoisotopic (exact) mass is 728 g/mol. The zero-order valence-electron chi connectivity index (χ0n) is 26.9. The van der Waals surface area contributed by atoms with E-state index >= 15 is 0 Å². The van der Waals surface area contributed by atoms with Crippen LogP contribution in [0.3, 0.4) is 0 Å². The van der Waals surface area contributed by atoms with Crippen molar-refractivity contribution in [2.45, 2.75) is 86.0 Å². The summed E-state index contributed by atoms with van der Waals surface area (Å²) in [6.45, 7) is 12.0. The van der Waals surface area contributed by atoms with Gasteiger partial charge in [-0.1, -0.05) is 90.3 Å². The van der Waals surface area contributed by atoms with Crippen LogP contribution in [-0.4, -0.2) is 66.5 Å². The van der Waals surface area contributed by atoms with Gasteiger partial charge in [0.1, 0.15) is 0 Å². The minimum atomic E-state index is -1.48. The predicted octanol–water partition coefficient (Wildman–Crippen LogP) is 5.61. The molecule has 2 rings (SSSR count). The van der Waals surface area contributed by atoms with Crippen molar-refractivity contribution in [2.75, 3.05) is 19.8 Å². The molecule has 2 aromatic rings. The van der Waals surface area contributed by atoms with Gasteiger partial charge in [-0.15, -0.1) is 0 Å². The molecule has 0 saturated carbocycles. The molecule has 0 saturated heterocycles. The first kappa shape index (κ1) is 42.0. The Bertz CT molecular complexity index is 984. The molecule has 4 N–H and O–H groups in total. The second-order valence-electron chi connectivity index (χ2n) is 10.6. The van der Waals surface area contributed by atoms with Gasteiger partial charge in [-0.25, -0.2) is 0 Å². The third-order valence-electron chi connectivity index (χ3n) is 6.37. The Hall–Kier alpha value is -1.96. The number of hydrogen-bond donors (Lipinski definition) is 4. The van der Waals surface area contributed by atoms with E-state index < -0.39 is 32.3 Å². The van der Waals surface area contributed by atoms with Crippen LogP contribution < -0.4 is 5.46 Å². The fraction of sp³-hybridized carbons (Fsp3) is 0.562. The summed E-state index contributed by atoms with van der Waals surface area (Å²) in [5.41, 5.74) is 2.35. The van der Waals surface area contributed by atoms with E-state index in [0.29, 0.717) is 18.3 Å². The third-order valence-corrected chi connectivity index (χ3v) is 7.09. The van der Waals surface area contributed by atoms with Crippen molar-refractivity contribution in [3.63, 3.8) is 0 Å². The molecule has 0 unspecified atom stereocenters. The quantitative estimate of drug-likeness (QED) is 0.0826. The van der Waals surface area contributed by atoms with Crippen LogP contribution in [0.15, 0.2) is 48.5 Å². The van der Waals surface area contributed by atoms with E-state index in [-0.39, 0.29) is 5.92 Å². The average molecular weight is 728 g/mol. The minimum Gasteiger partial charge on any atom is -0.481 e. The summed E-state index contributed by atoms with van der Waals surface area (Å²) in [5, 5.41) is 35.1. The molecule has 0 aliphatic carbocycles. The molecule has 2 aromatic carbocycles. The lowest BCUT2D eigenvalue weighted by atomic mass is 9.80. The first-order valence-corrected chi connectivity index (χ1v) is 16.5. The van der Waals surface area contributed by atoms with E-state index in [1.165, 1.54) is 3.57 Å². The Balaban J connectivity index is 0.000000633. The Kier molecular flexibility index (Phi) is 25.1. The molecule has 2 atom stereocenters. The van der Waals surface area contributed by atoms with Crippen LogP contribution in [0, 0.1) is 15.4 Å². The second kappa shape index (κ2) is 26.3. The maximum atomic E-state index is 10.6. The fourth-order valence-corrected chi connectivity index (χ4v) is 3.80. The van der Waals surface area contributed by atoms with Gasteiger partial charge in [0.2, 0.25) is 0 Å². The van der Waals surface area contributed by atoms with Crippen LogP contribution in [0.2, 0.25) is 0 Å². The van der Waals surface area contributed by atoms with Gasteiger partial charge in [-0.05, 0) is 83.4 Å². The number of carboxylic acids is 2. The molecule has 44 heavy (non-hydrogen) atoms. The van der Waals surface area contributed by atoms with Crippen LogP contribution in [0.1, 0.15) is 84.3 Å². The standard InChI is InChI=1S/C12H27BO3.C10H13BO4.C10H11IO2/c1-4-7-10-14-13(15-11-8-5-2)16-12-9-6-3;1-7(10(12)13)6-8-2-4-9(5-3-8)11(14)15;1-7(10(12)13)6-8-2-4-9(11)5-3-8/h4-12H2,1-3H3;2-5,7,14-15H,6H2,1H3,(H,12,13);2-5,7H,6H2,1H3,(H,12,13)/t;2*7-/m.00/s1. The number of rotatable bonds is 19. The minimum absolute atomic E-state index is 0.305. The second-order valence-corrected chi connectivity index (χ2v) is 11.8. The number of halogens is 1. The molecule has 0 aliphatic heterocycles. The molecule has 0 spiro atoms. The molecule has 0 radical (unpaired) electrons. The van der Waals surface area contributed by atoms with Crippen LogP contribution in [0.4, 0.5) is 0 Å². The van der Waals surface area contributed by atoms with E-state index in [2.05, 4.69) is 43.4 Å². The summed E-state index contributed by atoms with van der Waals surface area (Å²) in [7, 11) is -1.93. The molecule has 246 valence electrons. The van der Waals surface area contributed by atoms with Crippen LogP contribution in [0.5, 0.6) is 0 Å². The van der Waals surface area contributed by atoms with Crippen molar-refractivity contribution in [1.82, 2.24) is 0 Å². The summed E-state index contributed by atoms with van der Waals surface area (Å²) in [6, 6.07) is 14.5. The lowest BCUT2D eigenvalue weighted by Gasteiger charge is -2.14. The Morgan fingerprint density at radius 3 is 1.32 bits per heavy atom. The molecule has 12 heteroatoms. The summed E-state index contributed by atoms with van der Waals surface area (Å²) in [6.07, 6.45) is 7.63. The van der Waals surface area contributed by atoms with Gasteiger partial charge in [0.25, 0.3) is 0 Å². The fourth-order valence-electron chi connectivity index (χ4n) is 3.44. The van der Waals surface area contributed by atoms with E-state index in [4.69, 9.17) is 34.2 Å². The van der Waals surface area contributed by atoms with Gasteiger partial charge in [0, 0.05) is 23.4 Å². The molecule has 9 nitrogen and oxygen atoms in total. The van der Waals surface area contributed by atoms with Gasteiger partial charge < -0.3 is 34.2 Å². The number of carboxylic acid groups (broad SMARTS) is 2. The van der Waals surface area contributed by atoms with Crippen molar-refractivity contribution >= 4 is 54.4 Å². The van der Waals surface area contributed by atoms with Gasteiger partial charge in [-0.3, -0.25) is 9.59 Å². The molecule has 0 fully saturated rings. The van der Waals surface area contributed by atoms with E-state index in [0.717, 1.165) is 69.5 Å². The SMILES string of the molecule is CCCCOB(OCCCC)OCCCC.C[C@@H](Cc1ccc(B(O)O)cc1)C(=O)O.C[C@@H](Cc1ccc(I)cc1)C(=O)O. The molecule has 0 aromatic heterocycles. The molecular weight excluding hydrogens is 677 g/mol. The molecule has 0 bridgehead atoms. The van der Waals surface area contributed by atoms with Gasteiger partial charge in [0.05, 0.1) is 11.8 Å². The smallest absolute Gasteiger partial charge is 0.481 e. The topological polar surface area (TPSA) is 143 Å². The van der Waals surface area contributed by atoms with Gasteiger partial charge in [-0.2, -0.15) is 0 Å². The van der Waals surface area contributed by atoms with Crippen molar-refractivity contribution in [1.29, 1.82) is 0 Å². The summed E-state index contributed by atoms with van der Waals surface area (Å²) >= 11 is 2.23. The Morgan fingerprint density at radius 1 is 0.682 bits per heavy atom. The summed E-state index contributed by atoms with van der Waals surface area (Å²) in [4.78, 5) is 21.2. The molecule has 0 amide bonds. The van der Waals surface area contributed by atoms with Crippen molar-refractivity contribution in [3.8, 4) is 0 Å². The first-order valence-electron chi connectivity index (χ1n) is 15.4. The van der Waals surface area contributed by atoms with Gasteiger partial charge in [0.15, 0.2) is 0 Å². The van der Waals surface area contributed by atoms with Gasteiger partial charge >= 0.3 is 26.4 Å².